The van der Waals surface area contributed by atoms with Crippen LogP contribution in [0.4, 0.5) is 0 Å². The Balaban J connectivity index is 3.71. The number of Topliss-reactive ketones (excluding diaryl/α,β-unsaturated/α-hetero) is 1. The second-order valence-corrected chi connectivity index (χ2v) is 3.04. The summed E-state index contributed by atoms with van der Waals surface area (Å²) < 4.78 is 0. The Morgan fingerprint density at radius 1 is 1.40 bits per heavy atom. The van der Waals surface area contributed by atoms with Crippen molar-refractivity contribution in [2.45, 2.75) is 27.2 Å². The highest BCUT2D eigenvalue weighted by molar-refractivity contribution is 5.82. The standard InChI is InChI=1S/C8H17NO/c1-6(2)8(10)7(3)4-5-9/h6-7H,4-5,9H2,1-3H3. The van der Waals surface area contributed by atoms with Crippen LogP contribution in [0.2, 0.25) is 0 Å². The second kappa shape index (κ2) is 4.45. The number of hydrogen-bond donors (Lipinski definition) is 1. The first-order valence-corrected chi connectivity index (χ1v) is 3.83. The van der Waals surface area contributed by atoms with Crippen LogP contribution in [0.1, 0.15) is 27.2 Å². The van der Waals surface area contributed by atoms with Crippen molar-refractivity contribution in [2.75, 3.05) is 6.54 Å². The fourth-order valence-electron chi connectivity index (χ4n) is 0.961. The zero-order chi connectivity index (χ0) is 8.15. The Labute approximate surface area is 62.8 Å². The fourth-order valence-corrected chi connectivity index (χ4v) is 0.961. The number of hydrogen-bond acceptors (Lipinski definition) is 2. The third-order valence-electron chi connectivity index (χ3n) is 1.65. The molecule has 0 aromatic rings. The van der Waals surface area contributed by atoms with Gasteiger partial charge in [0.1, 0.15) is 5.78 Å². The van der Waals surface area contributed by atoms with Gasteiger partial charge in [-0.2, -0.15) is 0 Å². The Morgan fingerprint density at radius 2 is 1.90 bits per heavy atom. The maximum absolute atomic E-state index is 11.2. The molecule has 0 radical (unpaired) electrons. The van der Waals surface area contributed by atoms with E-state index in [0.717, 1.165) is 6.42 Å². The molecule has 0 aliphatic rings. The van der Waals surface area contributed by atoms with Crippen LogP contribution >= 0.6 is 0 Å². The molecule has 2 heteroatoms. The number of ketones is 1. The Bertz CT molecular complexity index is 110. The minimum Gasteiger partial charge on any atom is -0.330 e. The van der Waals surface area contributed by atoms with Gasteiger partial charge in [-0.05, 0) is 13.0 Å². The third kappa shape index (κ3) is 2.97. The lowest BCUT2D eigenvalue weighted by atomic mass is 9.94. The van der Waals surface area contributed by atoms with Gasteiger partial charge in [-0.3, -0.25) is 4.79 Å². The summed E-state index contributed by atoms with van der Waals surface area (Å²) >= 11 is 0. The lowest BCUT2D eigenvalue weighted by molar-refractivity contribution is -0.125. The molecular weight excluding hydrogens is 126 g/mol. The van der Waals surface area contributed by atoms with Crippen molar-refractivity contribution in [3.8, 4) is 0 Å². The van der Waals surface area contributed by atoms with Crippen LogP contribution in [0, 0.1) is 11.8 Å². The molecule has 1 atom stereocenters. The lowest BCUT2D eigenvalue weighted by Gasteiger charge is -2.10. The van der Waals surface area contributed by atoms with E-state index in [1.165, 1.54) is 0 Å². The van der Waals surface area contributed by atoms with Gasteiger partial charge in [0, 0.05) is 11.8 Å². The molecule has 0 bridgehead atoms. The molecule has 0 amide bonds. The molecule has 1 unspecified atom stereocenters. The molecule has 0 aromatic carbocycles. The Morgan fingerprint density at radius 3 is 2.20 bits per heavy atom. The normalized spacial score (nSPS) is 13.7. The van der Waals surface area contributed by atoms with Gasteiger partial charge in [-0.15, -0.1) is 0 Å². The summed E-state index contributed by atoms with van der Waals surface area (Å²) in [5.74, 6) is 0.622. The van der Waals surface area contributed by atoms with Crippen LogP contribution in [0.25, 0.3) is 0 Å². The molecule has 2 nitrogen and oxygen atoms in total. The first kappa shape index (κ1) is 9.63. The number of carbonyl (C=O) groups excluding carboxylic acids is 1. The van der Waals surface area contributed by atoms with E-state index >= 15 is 0 Å². The third-order valence-corrected chi connectivity index (χ3v) is 1.65. The Kier molecular flexibility index (Phi) is 4.28. The van der Waals surface area contributed by atoms with E-state index in [9.17, 15) is 4.79 Å². The zero-order valence-corrected chi connectivity index (χ0v) is 7.05. The monoisotopic (exact) mass is 143 g/mol. The van der Waals surface area contributed by atoms with Crippen LogP contribution in [0.5, 0.6) is 0 Å². The number of rotatable bonds is 4. The molecule has 0 aliphatic carbocycles. The molecule has 2 N–H and O–H groups in total. The number of carbonyl (C=O) groups is 1. The Hall–Kier alpha value is -0.370. The van der Waals surface area contributed by atoms with Crippen molar-refractivity contribution in [3.05, 3.63) is 0 Å². The van der Waals surface area contributed by atoms with Crippen LogP contribution in [-0.2, 0) is 4.79 Å². The molecule has 0 aliphatic heterocycles. The first-order valence-electron chi connectivity index (χ1n) is 3.83. The van der Waals surface area contributed by atoms with E-state index in [2.05, 4.69) is 0 Å². The van der Waals surface area contributed by atoms with Crippen molar-refractivity contribution in [3.63, 3.8) is 0 Å². The summed E-state index contributed by atoms with van der Waals surface area (Å²) in [6.45, 7) is 6.40. The maximum atomic E-state index is 11.2. The van der Waals surface area contributed by atoms with Crippen molar-refractivity contribution in [2.24, 2.45) is 17.6 Å². The van der Waals surface area contributed by atoms with Gasteiger partial charge in [0.15, 0.2) is 0 Å². The predicted octanol–water partition coefficient (Wildman–Crippen LogP) is 1.20. The first-order chi connectivity index (χ1) is 4.59. The summed E-state index contributed by atoms with van der Waals surface area (Å²) in [4.78, 5) is 11.2. The van der Waals surface area contributed by atoms with E-state index in [1.54, 1.807) is 0 Å². The molecule has 0 heterocycles. The largest absolute Gasteiger partial charge is 0.330 e. The van der Waals surface area contributed by atoms with E-state index in [4.69, 9.17) is 5.73 Å². The molecule has 0 aromatic heterocycles. The van der Waals surface area contributed by atoms with Crippen LogP contribution in [0.15, 0.2) is 0 Å². The molecule has 0 rings (SSSR count). The quantitative estimate of drug-likeness (QED) is 0.642. The highest BCUT2D eigenvalue weighted by Gasteiger charge is 2.14. The number of nitrogens with two attached hydrogens (primary N) is 1. The van der Waals surface area contributed by atoms with Gasteiger partial charge in [0.2, 0.25) is 0 Å². The van der Waals surface area contributed by atoms with E-state index in [0.29, 0.717) is 12.3 Å². The minimum atomic E-state index is 0.144. The minimum absolute atomic E-state index is 0.144. The van der Waals surface area contributed by atoms with Crippen molar-refractivity contribution in [1.29, 1.82) is 0 Å². The van der Waals surface area contributed by atoms with Gasteiger partial charge < -0.3 is 5.73 Å². The average molecular weight is 143 g/mol. The van der Waals surface area contributed by atoms with Crippen LogP contribution < -0.4 is 5.73 Å². The van der Waals surface area contributed by atoms with Gasteiger partial charge in [0.25, 0.3) is 0 Å². The highest BCUT2D eigenvalue weighted by atomic mass is 16.1. The average Bonchev–Trinajstić information content (AvgIpc) is 1.87. The smallest absolute Gasteiger partial charge is 0.138 e. The van der Waals surface area contributed by atoms with Gasteiger partial charge in [-0.1, -0.05) is 20.8 Å². The molecule has 0 spiro atoms. The summed E-state index contributed by atoms with van der Waals surface area (Å²) in [6, 6.07) is 0. The molecular formula is C8H17NO. The van der Waals surface area contributed by atoms with Gasteiger partial charge in [0.05, 0.1) is 0 Å². The highest BCUT2D eigenvalue weighted by Crippen LogP contribution is 2.08. The topological polar surface area (TPSA) is 43.1 Å². The fraction of sp³-hybridized carbons (Fsp3) is 0.875. The second-order valence-electron chi connectivity index (χ2n) is 3.04. The summed E-state index contributed by atoms with van der Waals surface area (Å²) in [5.41, 5.74) is 5.32. The summed E-state index contributed by atoms with van der Waals surface area (Å²) in [6.07, 6.45) is 0.816. The van der Waals surface area contributed by atoms with E-state index in [-0.39, 0.29) is 11.8 Å². The molecule has 60 valence electrons. The van der Waals surface area contributed by atoms with E-state index in [1.807, 2.05) is 20.8 Å². The molecule has 0 saturated heterocycles. The van der Waals surface area contributed by atoms with Crippen LogP contribution in [-0.4, -0.2) is 12.3 Å². The molecule has 10 heavy (non-hydrogen) atoms. The predicted molar refractivity (Wildman–Crippen MR) is 42.7 cm³/mol. The zero-order valence-electron chi connectivity index (χ0n) is 7.05. The molecule has 0 saturated carbocycles. The van der Waals surface area contributed by atoms with E-state index < -0.39 is 0 Å². The SMILES string of the molecule is CC(C)C(=O)C(C)CCN. The summed E-state index contributed by atoms with van der Waals surface area (Å²) in [7, 11) is 0. The lowest BCUT2D eigenvalue weighted by Crippen LogP contribution is -2.19. The van der Waals surface area contributed by atoms with Crippen molar-refractivity contribution < 1.29 is 4.79 Å². The maximum Gasteiger partial charge on any atom is 0.138 e. The molecule has 0 fully saturated rings. The van der Waals surface area contributed by atoms with Crippen molar-refractivity contribution in [1.82, 2.24) is 0 Å². The van der Waals surface area contributed by atoms with Gasteiger partial charge in [-0.25, -0.2) is 0 Å². The summed E-state index contributed by atoms with van der Waals surface area (Å²) in [5, 5.41) is 0. The van der Waals surface area contributed by atoms with Gasteiger partial charge >= 0.3 is 0 Å². The van der Waals surface area contributed by atoms with Crippen molar-refractivity contribution >= 4 is 5.78 Å². The van der Waals surface area contributed by atoms with Crippen LogP contribution in [0.3, 0.4) is 0 Å².